The minimum absolute atomic E-state index is 0.221. The van der Waals surface area contributed by atoms with E-state index in [1.54, 1.807) is 4.90 Å². The Morgan fingerprint density at radius 3 is 2.69 bits per heavy atom. The minimum atomic E-state index is -0.990. The molecule has 1 N–H and O–H groups in total. The molecule has 1 heterocycles. The van der Waals surface area contributed by atoms with Crippen LogP contribution in [-0.2, 0) is 9.59 Å². The smallest absolute Gasteiger partial charge is 0.316 e. The Bertz CT molecular complexity index is 225. The molecule has 4 heteroatoms. The number of carboxylic acids is 1. The fraction of sp³-hybridized carbons (Fsp3) is 0.778. The Hall–Kier alpha value is -1.06. The van der Waals surface area contributed by atoms with Crippen LogP contribution in [0.25, 0.3) is 0 Å². The molecular weight excluding hydrogens is 170 g/mol. The van der Waals surface area contributed by atoms with E-state index in [9.17, 15) is 9.59 Å². The number of carbonyl (C=O) groups excluding carboxylic acids is 1. The lowest BCUT2D eigenvalue weighted by Crippen LogP contribution is -2.32. The molecule has 0 aromatic heterocycles. The van der Waals surface area contributed by atoms with Crippen molar-refractivity contribution in [3.8, 4) is 0 Å². The first-order valence-electron chi connectivity index (χ1n) is 4.54. The van der Waals surface area contributed by atoms with Gasteiger partial charge in [-0.2, -0.15) is 0 Å². The first kappa shape index (κ1) is 10.0. The first-order valence-corrected chi connectivity index (χ1v) is 4.54. The lowest BCUT2D eigenvalue weighted by Gasteiger charge is -2.17. The van der Waals surface area contributed by atoms with E-state index in [1.807, 2.05) is 13.8 Å². The zero-order chi connectivity index (χ0) is 10.0. The Labute approximate surface area is 77.5 Å². The highest BCUT2D eigenvalue weighted by Gasteiger charge is 2.36. The number of amides is 1. The van der Waals surface area contributed by atoms with Crippen LogP contribution >= 0.6 is 0 Å². The van der Waals surface area contributed by atoms with Gasteiger partial charge in [0.1, 0.15) is 5.92 Å². The third-order valence-electron chi connectivity index (χ3n) is 2.18. The summed E-state index contributed by atoms with van der Waals surface area (Å²) in [6.45, 7) is 5.29. The Morgan fingerprint density at radius 1 is 1.69 bits per heavy atom. The van der Waals surface area contributed by atoms with Crippen LogP contribution in [0.3, 0.4) is 0 Å². The average Bonchev–Trinajstić information content (AvgIpc) is 2.32. The third kappa shape index (κ3) is 2.20. The summed E-state index contributed by atoms with van der Waals surface area (Å²) in [5, 5.41) is 8.69. The molecule has 0 radical (unpaired) electrons. The highest BCUT2D eigenvalue weighted by molar-refractivity contribution is 5.98. The maximum Gasteiger partial charge on any atom is 0.316 e. The van der Waals surface area contributed by atoms with Crippen LogP contribution in [0.2, 0.25) is 0 Å². The van der Waals surface area contributed by atoms with Crippen molar-refractivity contribution < 1.29 is 14.7 Å². The highest BCUT2D eigenvalue weighted by Crippen LogP contribution is 2.19. The van der Waals surface area contributed by atoms with Gasteiger partial charge >= 0.3 is 5.97 Å². The SMILES string of the molecule is CC(C)CN1CCC(C(=O)O)C1=O. The maximum atomic E-state index is 11.4. The molecule has 1 atom stereocenters. The molecule has 1 aliphatic heterocycles. The standard InChI is InChI=1S/C9H15NO3/c1-6(2)5-10-4-3-7(8(10)11)9(12)13/h6-7H,3-5H2,1-2H3,(H,12,13). The van der Waals surface area contributed by atoms with E-state index in [4.69, 9.17) is 5.11 Å². The molecule has 1 fully saturated rings. The van der Waals surface area contributed by atoms with Gasteiger partial charge in [0.25, 0.3) is 0 Å². The largest absolute Gasteiger partial charge is 0.481 e. The Kier molecular flexibility index (Phi) is 2.90. The lowest BCUT2D eigenvalue weighted by atomic mass is 10.1. The summed E-state index contributed by atoms with van der Waals surface area (Å²) >= 11 is 0. The van der Waals surface area contributed by atoms with E-state index in [1.165, 1.54) is 0 Å². The summed E-state index contributed by atoms with van der Waals surface area (Å²) in [5.74, 6) is -1.60. The zero-order valence-corrected chi connectivity index (χ0v) is 7.99. The molecule has 0 spiro atoms. The molecule has 0 aromatic rings. The van der Waals surface area contributed by atoms with Crippen LogP contribution in [0.15, 0.2) is 0 Å². The van der Waals surface area contributed by atoms with Crippen LogP contribution in [0.5, 0.6) is 0 Å². The molecule has 1 unspecified atom stereocenters. The quantitative estimate of drug-likeness (QED) is 0.654. The molecule has 0 saturated carbocycles. The number of hydrogen-bond donors (Lipinski definition) is 1. The molecule has 74 valence electrons. The van der Waals surface area contributed by atoms with Crippen LogP contribution < -0.4 is 0 Å². The number of likely N-dealkylation sites (tertiary alicyclic amines) is 1. The second-order valence-corrected chi connectivity index (χ2v) is 3.86. The van der Waals surface area contributed by atoms with Gasteiger partial charge in [-0.3, -0.25) is 9.59 Å². The van der Waals surface area contributed by atoms with Crippen LogP contribution in [0.4, 0.5) is 0 Å². The summed E-state index contributed by atoms with van der Waals surface area (Å²) in [5.41, 5.74) is 0. The van der Waals surface area contributed by atoms with Crippen LogP contribution in [0, 0.1) is 11.8 Å². The molecule has 0 aliphatic carbocycles. The topological polar surface area (TPSA) is 57.6 Å². The van der Waals surface area contributed by atoms with Gasteiger partial charge in [-0.25, -0.2) is 0 Å². The van der Waals surface area contributed by atoms with E-state index in [0.29, 0.717) is 25.4 Å². The summed E-state index contributed by atoms with van der Waals surface area (Å²) in [6.07, 6.45) is 0.459. The molecule has 1 rings (SSSR count). The monoisotopic (exact) mass is 185 g/mol. The van der Waals surface area contributed by atoms with E-state index in [-0.39, 0.29) is 5.91 Å². The van der Waals surface area contributed by atoms with Gasteiger partial charge < -0.3 is 10.0 Å². The fourth-order valence-corrected chi connectivity index (χ4v) is 1.59. The number of rotatable bonds is 3. The molecular formula is C9H15NO3. The molecule has 1 saturated heterocycles. The van der Waals surface area contributed by atoms with Crippen molar-refractivity contribution in [2.45, 2.75) is 20.3 Å². The number of aliphatic carboxylic acids is 1. The van der Waals surface area contributed by atoms with Crippen molar-refractivity contribution in [3.63, 3.8) is 0 Å². The van der Waals surface area contributed by atoms with Crippen molar-refractivity contribution in [1.29, 1.82) is 0 Å². The third-order valence-corrected chi connectivity index (χ3v) is 2.18. The molecule has 1 aliphatic rings. The maximum absolute atomic E-state index is 11.4. The summed E-state index contributed by atoms with van der Waals surface area (Å²) in [4.78, 5) is 23.7. The van der Waals surface area contributed by atoms with Gasteiger partial charge in [0.2, 0.25) is 5.91 Å². The van der Waals surface area contributed by atoms with Crippen molar-refractivity contribution in [1.82, 2.24) is 4.90 Å². The van der Waals surface area contributed by atoms with E-state index in [0.717, 1.165) is 0 Å². The second kappa shape index (κ2) is 3.77. The summed E-state index contributed by atoms with van der Waals surface area (Å²) < 4.78 is 0. The van der Waals surface area contributed by atoms with E-state index < -0.39 is 11.9 Å². The number of hydrogen-bond acceptors (Lipinski definition) is 2. The van der Waals surface area contributed by atoms with Crippen molar-refractivity contribution in [3.05, 3.63) is 0 Å². The van der Waals surface area contributed by atoms with Gasteiger partial charge in [0, 0.05) is 13.1 Å². The van der Waals surface area contributed by atoms with Crippen molar-refractivity contribution >= 4 is 11.9 Å². The fourth-order valence-electron chi connectivity index (χ4n) is 1.59. The normalized spacial score (nSPS) is 22.8. The van der Waals surface area contributed by atoms with Crippen molar-refractivity contribution in [2.24, 2.45) is 11.8 Å². The highest BCUT2D eigenvalue weighted by atomic mass is 16.4. The molecule has 1 amide bonds. The number of nitrogens with zero attached hydrogens (tertiary/aromatic N) is 1. The second-order valence-electron chi connectivity index (χ2n) is 3.86. The summed E-state index contributed by atoms with van der Waals surface area (Å²) in [6, 6.07) is 0. The van der Waals surface area contributed by atoms with E-state index in [2.05, 4.69) is 0 Å². The molecule has 13 heavy (non-hydrogen) atoms. The molecule has 4 nitrogen and oxygen atoms in total. The minimum Gasteiger partial charge on any atom is -0.481 e. The Morgan fingerprint density at radius 2 is 2.31 bits per heavy atom. The van der Waals surface area contributed by atoms with E-state index >= 15 is 0 Å². The zero-order valence-electron chi connectivity index (χ0n) is 7.99. The average molecular weight is 185 g/mol. The van der Waals surface area contributed by atoms with Gasteiger partial charge in [-0.15, -0.1) is 0 Å². The van der Waals surface area contributed by atoms with Crippen LogP contribution in [-0.4, -0.2) is 35.0 Å². The van der Waals surface area contributed by atoms with Gasteiger partial charge in [0.05, 0.1) is 0 Å². The molecule has 0 aromatic carbocycles. The predicted molar refractivity (Wildman–Crippen MR) is 47.2 cm³/mol. The number of carbonyl (C=O) groups is 2. The van der Waals surface area contributed by atoms with Gasteiger partial charge in [-0.05, 0) is 12.3 Å². The molecule has 0 bridgehead atoms. The van der Waals surface area contributed by atoms with Gasteiger partial charge in [-0.1, -0.05) is 13.8 Å². The number of carboxylic acid groups (broad SMARTS) is 1. The van der Waals surface area contributed by atoms with Crippen molar-refractivity contribution in [2.75, 3.05) is 13.1 Å². The first-order chi connectivity index (χ1) is 6.02. The Balaban J connectivity index is 2.55. The summed E-state index contributed by atoms with van der Waals surface area (Å²) in [7, 11) is 0. The lowest BCUT2D eigenvalue weighted by molar-refractivity contribution is -0.147. The predicted octanol–water partition coefficient (Wildman–Crippen LogP) is 0.576. The van der Waals surface area contributed by atoms with Gasteiger partial charge in [0.15, 0.2) is 0 Å². The van der Waals surface area contributed by atoms with Crippen LogP contribution in [0.1, 0.15) is 20.3 Å².